The fourth-order valence-electron chi connectivity index (χ4n) is 2.08. The van der Waals surface area contributed by atoms with Crippen LogP contribution in [0, 0.1) is 0 Å². The van der Waals surface area contributed by atoms with Crippen molar-refractivity contribution in [2.24, 2.45) is 0 Å². The van der Waals surface area contributed by atoms with Crippen molar-refractivity contribution in [2.75, 3.05) is 23.9 Å². The first-order valence-corrected chi connectivity index (χ1v) is 7.97. The van der Waals surface area contributed by atoms with E-state index in [1.807, 2.05) is 0 Å². The van der Waals surface area contributed by atoms with Crippen molar-refractivity contribution < 1.29 is 13.2 Å². The maximum atomic E-state index is 12.0. The van der Waals surface area contributed by atoms with Crippen LogP contribution in [0.2, 0.25) is 0 Å². The zero-order valence-corrected chi connectivity index (χ0v) is 11.5. The molecule has 2 heterocycles. The number of amides is 1. The van der Waals surface area contributed by atoms with E-state index in [2.05, 4.69) is 15.6 Å². The van der Waals surface area contributed by atoms with Gasteiger partial charge in [-0.15, -0.1) is 0 Å². The zero-order chi connectivity index (χ0) is 13.9. The van der Waals surface area contributed by atoms with Crippen molar-refractivity contribution in [1.82, 2.24) is 10.3 Å². The van der Waals surface area contributed by atoms with Crippen molar-refractivity contribution in [3.63, 3.8) is 0 Å². The Hall–Kier alpha value is -1.63. The van der Waals surface area contributed by atoms with Gasteiger partial charge in [-0.3, -0.25) is 4.79 Å². The second-order valence-electron chi connectivity index (χ2n) is 4.61. The predicted octanol–water partition coefficient (Wildman–Crippen LogP) is 0.430. The molecule has 0 spiro atoms. The number of pyridine rings is 1. The van der Waals surface area contributed by atoms with Gasteiger partial charge in [-0.2, -0.15) is 0 Å². The smallest absolute Gasteiger partial charge is 0.253 e. The van der Waals surface area contributed by atoms with Gasteiger partial charge < -0.3 is 10.6 Å². The Bertz CT molecular complexity index is 554. The second-order valence-corrected chi connectivity index (χ2v) is 6.84. The first-order valence-electron chi connectivity index (χ1n) is 6.15. The van der Waals surface area contributed by atoms with Crippen molar-refractivity contribution in [2.45, 2.75) is 18.9 Å². The molecule has 6 nitrogen and oxygen atoms in total. The summed E-state index contributed by atoms with van der Waals surface area (Å²) in [5, 5.41) is 5.61. The van der Waals surface area contributed by atoms with Gasteiger partial charge in [-0.1, -0.05) is 0 Å². The number of aromatic nitrogens is 1. The number of anilines is 1. The highest BCUT2D eigenvalue weighted by atomic mass is 32.2. The molecule has 2 N–H and O–H groups in total. The molecule has 1 unspecified atom stereocenters. The van der Waals surface area contributed by atoms with Crippen LogP contribution in [0.4, 0.5) is 5.82 Å². The second kappa shape index (κ2) is 5.56. The lowest BCUT2D eigenvalue weighted by Gasteiger charge is -2.22. The Morgan fingerprint density at radius 3 is 2.79 bits per heavy atom. The molecular weight excluding hydrogens is 266 g/mol. The molecule has 1 saturated heterocycles. The molecule has 7 heteroatoms. The van der Waals surface area contributed by atoms with Gasteiger partial charge in [0.1, 0.15) is 5.82 Å². The van der Waals surface area contributed by atoms with E-state index in [4.69, 9.17) is 0 Å². The van der Waals surface area contributed by atoms with Crippen LogP contribution < -0.4 is 10.6 Å². The van der Waals surface area contributed by atoms with Crippen LogP contribution in [0.3, 0.4) is 0 Å². The van der Waals surface area contributed by atoms with Crippen molar-refractivity contribution >= 4 is 21.6 Å². The molecule has 1 aliphatic heterocycles. The minimum atomic E-state index is -3.01. The molecule has 104 valence electrons. The van der Waals surface area contributed by atoms with Crippen LogP contribution in [0.25, 0.3) is 0 Å². The monoisotopic (exact) mass is 283 g/mol. The van der Waals surface area contributed by atoms with E-state index in [0.29, 0.717) is 24.2 Å². The molecule has 1 amide bonds. The molecule has 1 aromatic rings. The Morgan fingerprint density at radius 1 is 1.42 bits per heavy atom. The van der Waals surface area contributed by atoms with Crippen molar-refractivity contribution in [3.8, 4) is 0 Å². The molecule has 19 heavy (non-hydrogen) atoms. The molecule has 0 aromatic carbocycles. The van der Waals surface area contributed by atoms with Crippen LogP contribution in [0.15, 0.2) is 18.3 Å². The van der Waals surface area contributed by atoms with Crippen LogP contribution in [-0.4, -0.2) is 43.9 Å². The van der Waals surface area contributed by atoms with E-state index < -0.39 is 9.84 Å². The van der Waals surface area contributed by atoms with Gasteiger partial charge in [0.2, 0.25) is 0 Å². The van der Waals surface area contributed by atoms with Crippen molar-refractivity contribution in [3.05, 3.63) is 23.9 Å². The molecular formula is C12H17N3O3S. The fourth-order valence-corrected chi connectivity index (χ4v) is 3.72. The number of carbonyl (C=O) groups is 1. The number of sulfone groups is 1. The summed E-state index contributed by atoms with van der Waals surface area (Å²) in [7, 11) is -1.27. The Labute approximate surface area is 112 Å². The van der Waals surface area contributed by atoms with E-state index >= 15 is 0 Å². The van der Waals surface area contributed by atoms with Crippen LogP contribution in [-0.2, 0) is 9.84 Å². The van der Waals surface area contributed by atoms with Gasteiger partial charge in [0.25, 0.3) is 5.91 Å². The molecule has 1 aliphatic rings. The summed E-state index contributed by atoms with van der Waals surface area (Å²) in [5.74, 6) is 0.646. The maximum absolute atomic E-state index is 12.0. The van der Waals surface area contributed by atoms with E-state index in [0.717, 1.165) is 0 Å². The summed E-state index contributed by atoms with van der Waals surface area (Å²) < 4.78 is 23.0. The summed E-state index contributed by atoms with van der Waals surface area (Å²) in [4.78, 5) is 16.0. The average Bonchev–Trinajstić information content (AvgIpc) is 2.37. The summed E-state index contributed by atoms with van der Waals surface area (Å²) in [6.45, 7) is 0. The zero-order valence-electron chi connectivity index (χ0n) is 10.7. The average molecular weight is 283 g/mol. The SMILES string of the molecule is CNc1ccc(C(=O)NC2CCCS(=O)(=O)C2)cn1. The number of hydrogen-bond acceptors (Lipinski definition) is 5. The number of hydrogen-bond donors (Lipinski definition) is 2. The minimum absolute atomic E-state index is 0.0285. The predicted molar refractivity (Wildman–Crippen MR) is 72.9 cm³/mol. The first kappa shape index (κ1) is 13.8. The quantitative estimate of drug-likeness (QED) is 0.840. The highest BCUT2D eigenvalue weighted by molar-refractivity contribution is 7.91. The van der Waals surface area contributed by atoms with Crippen LogP contribution in [0.5, 0.6) is 0 Å². The largest absolute Gasteiger partial charge is 0.373 e. The standard InChI is InChI=1S/C12H17N3O3S/c1-13-11-5-4-9(7-14-11)12(16)15-10-3-2-6-19(17,18)8-10/h4-5,7,10H,2-3,6,8H2,1H3,(H,13,14)(H,15,16). The minimum Gasteiger partial charge on any atom is -0.373 e. The van der Waals surface area contributed by atoms with Gasteiger partial charge in [-0.25, -0.2) is 13.4 Å². The fraction of sp³-hybridized carbons (Fsp3) is 0.500. The highest BCUT2D eigenvalue weighted by Gasteiger charge is 2.26. The molecule has 0 bridgehead atoms. The number of nitrogens with zero attached hydrogens (tertiary/aromatic N) is 1. The molecule has 1 aromatic heterocycles. The normalized spacial score (nSPS) is 21.6. The van der Waals surface area contributed by atoms with E-state index in [1.54, 1.807) is 19.2 Å². The third kappa shape index (κ3) is 3.66. The topological polar surface area (TPSA) is 88.2 Å². The Kier molecular flexibility index (Phi) is 4.04. The van der Waals surface area contributed by atoms with E-state index in [1.165, 1.54) is 6.20 Å². The third-order valence-corrected chi connectivity index (χ3v) is 4.90. The molecule has 0 saturated carbocycles. The maximum Gasteiger partial charge on any atom is 0.253 e. The number of carbonyl (C=O) groups excluding carboxylic acids is 1. The van der Waals surface area contributed by atoms with Crippen LogP contribution >= 0.6 is 0 Å². The Morgan fingerprint density at radius 2 is 2.21 bits per heavy atom. The summed E-state index contributed by atoms with van der Waals surface area (Å²) >= 11 is 0. The van der Waals surface area contributed by atoms with Gasteiger partial charge in [0.15, 0.2) is 9.84 Å². The molecule has 1 atom stereocenters. The number of nitrogens with one attached hydrogen (secondary N) is 2. The molecule has 2 rings (SSSR count). The third-order valence-electron chi connectivity index (χ3n) is 3.08. The lowest BCUT2D eigenvalue weighted by Crippen LogP contribution is -2.43. The van der Waals surface area contributed by atoms with Gasteiger partial charge >= 0.3 is 0 Å². The highest BCUT2D eigenvalue weighted by Crippen LogP contribution is 2.13. The molecule has 0 aliphatic carbocycles. The van der Waals surface area contributed by atoms with Gasteiger partial charge in [0, 0.05) is 19.3 Å². The van der Waals surface area contributed by atoms with E-state index in [9.17, 15) is 13.2 Å². The lowest BCUT2D eigenvalue weighted by molar-refractivity contribution is 0.0938. The number of rotatable bonds is 3. The van der Waals surface area contributed by atoms with Crippen LogP contribution in [0.1, 0.15) is 23.2 Å². The van der Waals surface area contributed by atoms with E-state index in [-0.39, 0.29) is 23.5 Å². The van der Waals surface area contributed by atoms with Gasteiger partial charge in [-0.05, 0) is 25.0 Å². The Balaban J connectivity index is 2.00. The molecule has 1 fully saturated rings. The first-order chi connectivity index (χ1) is 9.00. The lowest BCUT2D eigenvalue weighted by atomic mass is 10.1. The summed E-state index contributed by atoms with van der Waals surface area (Å²) in [5.41, 5.74) is 0.432. The summed E-state index contributed by atoms with van der Waals surface area (Å²) in [6.07, 6.45) is 2.77. The van der Waals surface area contributed by atoms with Crippen molar-refractivity contribution in [1.29, 1.82) is 0 Å². The van der Waals surface area contributed by atoms with Gasteiger partial charge in [0.05, 0.1) is 17.1 Å². The summed E-state index contributed by atoms with van der Waals surface area (Å²) in [6, 6.07) is 3.06. The molecule has 0 radical (unpaired) electrons.